The summed E-state index contributed by atoms with van der Waals surface area (Å²) in [7, 11) is 3.55. The highest BCUT2D eigenvalue weighted by Gasteiger charge is 2.21. The second kappa shape index (κ2) is 7.81. The second-order valence-corrected chi connectivity index (χ2v) is 4.74. The van der Waals surface area contributed by atoms with E-state index in [2.05, 4.69) is 10.3 Å². The van der Waals surface area contributed by atoms with Crippen molar-refractivity contribution in [2.24, 2.45) is 10.9 Å². The van der Waals surface area contributed by atoms with E-state index in [1.165, 1.54) is 13.3 Å². The van der Waals surface area contributed by atoms with Crippen LogP contribution in [0.1, 0.15) is 27.2 Å². The summed E-state index contributed by atoms with van der Waals surface area (Å²) in [5.74, 6) is -0.864. The number of nitrogens with zero attached hydrogens (tertiary/aromatic N) is 2. The van der Waals surface area contributed by atoms with Crippen LogP contribution in [0, 0.1) is 5.92 Å². The van der Waals surface area contributed by atoms with Gasteiger partial charge in [0.2, 0.25) is 11.8 Å². The molecule has 6 nitrogen and oxygen atoms in total. The van der Waals surface area contributed by atoms with Crippen LogP contribution < -0.4 is 5.32 Å². The van der Waals surface area contributed by atoms with Gasteiger partial charge in [-0.2, -0.15) is 0 Å². The van der Waals surface area contributed by atoms with Crippen molar-refractivity contribution in [1.29, 1.82) is 0 Å². The number of carbonyl (C=O) groups excluding carboxylic acids is 2. The summed E-state index contributed by atoms with van der Waals surface area (Å²) in [5, 5.41) is 12.4. The number of amides is 2. The van der Waals surface area contributed by atoms with Crippen molar-refractivity contribution in [3.63, 3.8) is 0 Å². The number of rotatable bonds is 6. The molecule has 0 aliphatic rings. The van der Waals surface area contributed by atoms with Crippen molar-refractivity contribution in [1.82, 2.24) is 10.2 Å². The van der Waals surface area contributed by atoms with E-state index in [1.54, 1.807) is 32.8 Å². The van der Waals surface area contributed by atoms with E-state index in [4.69, 9.17) is 0 Å². The van der Waals surface area contributed by atoms with Crippen molar-refractivity contribution in [2.45, 2.75) is 39.3 Å². The van der Waals surface area contributed by atoms with Crippen LogP contribution in [-0.2, 0) is 9.59 Å². The van der Waals surface area contributed by atoms with Crippen molar-refractivity contribution < 1.29 is 14.7 Å². The van der Waals surface area contributed by atoms with Gasteiger partial charge in [0.25, 0.3) is 0 Å². The summed E-state index contributed by atoms with van der Waals surface area (Å²) in [4.78, 5) is 27.9. The van der Waals surface area contributed by atoms with E-state index in [0.717, 1.165) is 0 Å². The Hall–Kier alpha value is -1.43. The Morgan fingerprint density at radius 3 is 2.39 bits per heavy atom. The minimum atomic E-state index is -0.762. The van der Waals surface area contributed by atoms with Gasteiger partial charge in [-0.05, 0) is 13.3 Å². The number of carbonyl (C=O) groups is 2. The predicted molar refractivity (Wildman–Crippen MR) is 70.3 cm³/mol. The number of aliphatic hydroxyl groups excluding tert-OH is 1. The number of aliphatic hydroxyl groups is 1. The topological polar surface area (TPSA) is 82.0 Å². The number of nitrogens with one attached hydrogen (secondary N) is 1. The molecular formula is C12H23N3O3. The third kappa shape index (κ3) is 7.01. The third-order valence-corrected chi connectivity index (χ3v) is 2.44. The normalized spacial score (nSPS) is 16.1. The molecule has 0 fully saturated rings. The summed E-state index contributed by atoms with van der Waals surface area (Å²) in [5.41, 5.74) is 0. The molecule has 0 radical (unpaired) electrons. The van der Waals surface area contributed by atoms with Gasteiger partial charge in [0, 0.05) is 26.9 Å². The van der Waals surface area contributed by atoms with Crippen molar-refractivity contribution >= 4 is 18.2 Å². The fraction of sp³-hybridized carbons (Fsp3) is 0.750. The van der Waals surface area contributed by atoms with E-state index < -0.39 is 6.10 Å². The highest BCUT2D eigenvalue weighted by Crippen LogP contribution is 2.10. The smallest absolute Gasteiger partial charge is 0.249 e. The van der Waals surface area contributed by atoms with Gasteiger partial charge >= 0.3 is 0 Å². The largest absolute Gasteiger partial charge is 0.391 e. The highest BCUT2D eigenvalue weighted by molar-refractivity contribution is 5.85. The van der Waals surface area contributed by atoms with Crippen LogP contribution in [0.15, 0.2) is 4.99 Å². The molecule has 3 unspecified atom stereocenters. The lowest BCUT2D eigenvalue weighted by Gasteiger charge is -2.21. The van der Waals surface area contributed by atoms with Crippen LogP contribution in [0.4, 0.5) is 0 Å². The van der Waals surface area contributed by atoms with Crippen LogP contribution in [0.3, 0.4) is 0 Å². The van der Waals surface area contributed by atoms with Gasteiger partial charge in [-0.15, -0.1) is 0 Å². The first kappa shape index (κ1) is 16.6. The maximum atomic E-state index is 11.6. The lowest BCUT2D eigenvalue weighted by Crippen LogP contribution is -2.41. The molecule has 0 saturated carbocycles. The number of aliphatic imine (C=N–C) groups is 1. The quantitative estimate of drug-likeness (QED) is 0.519. The van der Waals surface area contributed by atoms with E-state index in [1.807, 2.05) is 0 Å². The molecule has 0 heterocycles. The average Bonchev–Trinajstić information content (AvgIpc) is 2.24. The maximum absolute atomic E-state index is 11.6. The van der Waals surface area contributed by atoms with Crippen LogP contribution in [0.5, 0.6) is 0 Å². The van der Waals surface area contributed by atoms with Gasteiger partial charge in [0.15, 0.2) is 0 Å². The van der Waals surface area contributed by atoms with E-state index >= 15 is 0 Å². The lowest BCUT2D eigenvalue weighted by molar-refractivity contribution is -0.122. The molecule has 0 aromatic heterocycles. The van der Waals surface area contributed by atoms with Gasteiger partial charge in [-0.3, -0.25) is 9.59 Å². The molecule has 0 saturated heterocycles. The Labute approximate surface area is 108 Å². The first-order valence-electron chi connectivity index (χ1n) is 5.93. The first-order chi connectivity index (χ1) is 8.23. The zero-order valence-electron chi connectivity index (χ0n) is 11.7. The molecule has 0 aromatic carbocycles. The Bertz CT molecular complexity index is 316. The molecule has 0 aliphatic carbocycles. The van der Waals surface area contributed by atoms with E-state index in [9.17, 15) is 14.7 Å². The Morgan fingerprint density at radius 2 is 1.94 bits per heavy atom. The van der Waals surface area contributed by atoms with Crippen molar-refractivity contribution in [3.05, 3.63) is 0 Å². The van der Waals surface area contributed by atoms with Crippen LogP contribution >= 0.6 is 0 Å². The lowest BCUT2D eigenvalue weighted by atomic mass is 9.99. The molecule has 0 aliphatic heterocycles. The molecule has 3 atom stereocenters. The molecule has 2 amide bonds. The standard InChI is InChI=1S/C12H23N3O3/c1-8(12(18)13-7-15(4)5)6-11(17)9(2)14-10(3)16/h7-9,11,17H,6H2,1-5H3,(H,14,16). The summed E-state index contributed by atoms with van der Waals surface area (Å²) in [6, 6.07) is -0.379. The molecule has 0 rings (SSSR count). The Balaban J connectivity index is 4.25. The summed E-state index contributed by atoms with van der Waals surface area (Å²) < 4.78 is 0. The van der Waals surface area contributed by atoms with Crippen LogP contribution in [0.2, 0.25) is 0 Å². The van der Waals surface area contributed by atoms with Gasteiger partial charge in [0.1, 0.15) is 0 Å². The van der Waals surface area contributed by atoms with Gasteiger partial charge in [-0.25, -0.2) is 4.99 Å². The third-order valence-electron chi connectivity index (χ3n) is 2.44. The molecule has 0 aromatic rings. The van der Waals surface area contributed by atoms with Crippen molar-refractivity contribution in [3.8, 4) is 0 Å². The zero-order chi connectivity index (χ0) is 14.3. The SMILES string of the molecule is CC(=O)NC(C)C(O)CC(C)C(=O)N=CN(C)C. The van der Waals surface area contributed by atoms with Gasteiger partial charge in [0.05, 0.1) is 18.5 Å². The summed E-state index contributed by atoms with van der Waals surface area (Å²) >= 11 is 0. The monoisotopic (exact) mass is 257 g/mol. The fourth-order valence-electron chi connectivity index (χ4n) is 1.38. The molecule has 6 heteroatoms. The molecule has 0 spiro atoms. The molecular weight excluding hydrogens is 234 g/mol. The first-order valence-corrected chi connectivity index (χ1v) is 5.93. The minimum absolute atomic E-state index is 0.203. The van der Waals surface area contributed by atoms with E-state index in [-0.39, 0.29) is 30.2 Å². The second-order valence-electron chi connectivity index (χ2n) is 4.74. The molecule has 2 N–H and O–H groups in total. The zero-order valence-corrected chi connectivity index (χ0v) is 11.7. The minimum Gasteiger partial charge on any atom is -0.391 e. The van der Waals surface area contributed by atoms with Gasteiger partial charge in [-0.1, -0.05) is 6.92 Å². The van der Waals surface area contributed by atoms with Crippen LogP contribution in [-0.4, -0.2) is 54.4 Å². The Kier molecular flexibility index (Phi) is 7.19. The Morgan fingerprint density at radius 1 is 1.39 bits per heavy atom. The highest BCUT2D eigenvalue weighted by atomic mass is 16.3. The molecule has 0 bridgehead atoms. The fourth-order valence-corrected chi connectivity index (χ4v) is 1.38. The average molecular weight is 257 g/mol. The number of hydrogen-bond donors (Lipinski definition) is 2. The predicted octanol–water partition coefficient (Wildman–Crippen LogP) is 0.0146. The van der Waals surface area contributed by atoms with Crippen LogP contribution in [0.25, 0.3) is 0 Å². The summed E-state index contributed by atoms with van der Waals surface area (Å²) in [6.07, 6.45) is 0.940. The number of hydrogen-bond acceptors (Lipinski definition) is 3. The van der Waals surface area contributed by atoms with E-state index in [0.29, 0.717) is 0 Å². The summed E-state index contributed by atoms with van der Waals surface area (Å²) in [6.45, 7) is 4.80. The molecule has 18 heavy (non-hydrogen) atoms. The molecule has 104 valence electrons. The maximum Gasteiger partial charge on any atom is 0.249 e. The van der Waals surface area contributed by atoms with Gasteiger partial charge < -0.3 is 15.3 Å². The van der Waals surface area contributed by atoms with Crippen molar-refractivity contribution in [2.75, 3.05) is 14.1 Å².